The Kier molecular flexibility index (Phi) is 1.04. The van der Waals surface area contributed by atoms with E-state index >= 15 is 0 Å². The van der Waals surface area contributed by atoms with Crippen LogP contribution in [0.1, 0.15) is 0 Å². The van der Waals surface area contributed by atoms with Crippen LogP contribution in [0.4, 0.5) is 11.4 Å². The molecular weight excluding hydrogens is 102 g/mol. The molecule has 8 heavy (non-hydrogen) atoms. The molecule has 0 unspecified atom stereocenters. The van der Waals surface area contributed by atoms with Crippen molar-refractivity contribution in [3.05, 3.63) is 18.5 Å². The van der Waals surface area contributed by atoms with Crippen molar-refractivity contribution >= 4 is 11.4 Å². The summed E-state index contributed by atoms with van der Waals surface area (Å²) in [4.78, 5) is 3.62. The first-order valence-corrected chi connectivity index (χ1v) is 2.18. The molecule has 1 rings (SSSR count). The molecule has 1 aromatic rings. The molecule has 0 aromatic carbocycles. The lowest BCUT2D eigenvalue weighted by molar-refractivity contribution is 1.32. The average Bonchev–Trinajstić information content (AvgIpc) is 1.77. The van der Waals surface area contributed by atoms with E-state index < -0.39 is 0 Å². The van der Waals surface area contributed by atoms with Crippen molar-refractivity contribution in [3.8, 4) is 0 Å². The van der Waals surface area contributed by atoms with E-state index in [9.17, 15) is 0 Å². The second-order valence-electron chi connectivity index (χ2n) is 1.43. The molecule has 0 spiro atoms. The van der Waals surface area contributed by atoms with Gasteiger partial charge in [-0.1, -0.05) is 0 Å². The minimum Gasteiger partial charge on any atom is -0.397 e. The van der Waals surface area contributed by atoms with E-state index in [1.165, 1.54) is 0 Å². The molecule has 3 nitrogen and oxygen atoms in total. The molecule has 1 radical (unpaired) electrons. The van der Waals surface area contributed by atoms with Gasteiger partial charge in [0.25, 0.3) is 0 Å². The Hall–Kier alpha value is -1.25. The second-order valence-corrected chi connectivity index (χ2v) is 1.43. The first-order chi connectivity index (χ1) is 3.80. The van der Waals surface area contributed by atoms with Gasteiger partial charge in [-0.3, -0.25) is 4.98 Å². The predicted octanol–water partition coefficient (Wildman–Crippen LogP) is 0.0462. The zero-order valence-corrected chi connectivity index (χ0v) is 4.26. The van der Waals surface area contributed by atoms with Crippen molar-refractivity contribution in [1.29, 1.82) is 0 Å². The van der Waals surface area contributed by atoms with Crippen LogP contribution in [0.25, 0.3) is 0 Å². The van der Waals surface area contributed by atoms with Crippen molar-refractivity contribution in [2.75, 3.05) is 11.5 Å². The van der Waals surface area contributed by atoms with Crippen LogP contribution in [0.15, 0.2) is 12.3 Å². The van der Waals surface area contributed by atoms with Gasteiger partial charge in [0.05, 0.1) is 11.4 Å². The van der Waals surface area contributed by atoms with Crippen molar-refractivity contribution in [3.63, 3.8) is 0 Å². The number of nitrogens with zero attached hydrogens (tertiary/aromatic N) is 1. The Labute approximate surface area is 47.3 Å². The standard InChI is InChI=1S/C5H6N3/c6-4-1-2-8-3-5(4)7/h1-2H,7H2,(H2,6,8). The summed E-state index contributed by atoms with van der Waals surface area (Å²) in [6, 6.07) is 1.63. The first kappa shape index (κ1) is 4.90. The molecule has 0 aliphatic carbocycles. The van der Waals surface area contributed by atoms with Crippen LogP contribution in [-0.4, -0.2) is 4.98 Å². The van der Waals surface area contributed by atoms with Crippen molar-refractivity contribution in [2.45, 2.75) is 0 Å². The molecule has 0 aliphatic rings. The van der Waals surface area contributed by atoms with E-state index in [4.69, 9.17) is 11.5 Å². The maximum absolute atomic E-state index is 5.32. The molecule has 0 atom stereocenters. The number of anilines is 2. The number of nitrogens with two attached hydrogens (primary N) is 2. The lowest BCUT2D eigenvalue weighted by atomic mass is 10.4. The quantitative estimate of drug-likeness (QED) is 0.493. The fourth-order valence-electron chi connectivity index (χ4n) is 0.379. The molecule has 4 N–H and O–H groups in total. The molecule has 3 heteroatoms. The van der Waals surface area contributed by atoms with Gasteiger partial charge in [0.2, 0.25) is 0 Å². The highest BCUT2D eigenvalue weighted by Gasteiger charge is 1.87. The van der Waals surface area contributed by atoms with Crippen LogP contribution in [0.2, 0.25) is 0 Å². The van der Waals surface area contributed by atoms with Gasteiger partial charge >= 0.3 is 0 Å². The highest BCUT2D eigenvalue weighted by Crippen LogP contribution is 2.07. The Morgan fingerprint density at radius 1 is 1.50 bits per heavy atom. The SMILES string of the molecule is Nc1[c]nccc1N. The lowest BCUT2D eigenvalue weighted by Gasteiger charge is -1.92. The van der Waals surface area contributed by atoms with Gasteiger partial charge in [0, 0.05) is 6.20 Å². The van der Waals surface area contributed by atoms with Gasteiger partial charge in [0.1, 0.15) is 6.20 Å². The molecule has 41 valence electrons. The van der Waals surface area contributed by atoms with Crippen LogP contribution in [0.3, 0.4) is 0 Å². The Morgan fingerprint density at radius 2 is 2.25 bits per heavy atom. The van der Waals surface area contributed by atoms with Gasteiger partial charge in [-0.2, -0.15) is 0 Å². The second kappa shape index (κ2) is 1.69. The largest absolute Gasteiger partial charge is 0.397 e. The third-order valence-electron chi connectivity index (χ3n) is 0.825. The van der Waals surface area contributed by atoms with Gasteiger partial charge in [0.15, 0.2) is 0 Å². The van der Waals surface area contributed by atoms with Crippen molar-refractivity contribution in [2.24, 2.45) is 0 Å². The van der Waals surface area contributed by atoms with Crippen molar-refractivity contribution < 1.29 is 0 Å². The van der Waals surface area contributed by atoms with Crippen molar-refractivity contribution in [1.82, 2.24) is 4.98 Å². The normalized spacial score (nSPS) is 9.00. The number of rotatable bonds is 0. The fourth-order valence-corrected chi connectivity index (χ4v) is 0.379. The maximum atomic E-state index is 5.32. The summed E-state index contributed by atoms with van der Waals surface area (Å²) in [6.45, 7) is 0. The third kappa shape index (κ3) is 0.703. The molecule has 0 aliphatic heterocycles. The van der Waals surface area contributed by atoms with Gasteiger partial charge in [-0.05, 0) is 6.07 Å². The van der Waals surface area contributed by atoms with Gasteiger partial charge < -0.3 is 11.5 Å². The van der Waals surface area contributed by atoms with Crippen LogP contribution < -0.4 is 11.5 Å². The Morgan fingerprint density at radius 3 is 2.62 bits per heavy atom. The predicted molar refractivity (Wildman–Crippen MR) is 31.9 cm³/mol. The first-order valence-electron chi connectivity index (χ1n) is 2.18. The summed E-state index contributed by atoms with van der Waals surface area (Å²) in [5.41, 5.74) is 11.5. The summed E-state index contributed by atoms with van der Waals surface area (Å²) in [6.07, 6.45) is 4.05. The van der Waals surface area contributed by atoms with Crippen LogP contribution in [0.5, 0.6) is 0 Å². The third-order valence-corrected chi connectivity index (χ3v) is 0.825. The van der Waals surface area contributed by atoms with E-state index in [0.717, 1.165) is 0 Å². The minimum absolute atomic E-state index is 0.410. The Bertz CT molecular complexity index is 164. The molecule has 0 amide bonds. The van der Waals surface area contributed by atoms with E-state index in [1.54, 1.807) is 12.3 Å². The highest BCUT2D eigenvalue weighted by molar-refractivity contribution is 5.59. The van der Waals surface area contributed by atoms with Gasteiger partial charge in [-0.25, -0.2) is 0 Å². The van der Waals surface area contributed by atoms with Gasteiger partial charge in [-0.15, -0.1) is 0 Å². The zero-order valence-electron chi connectivity index (χ0n) is 4.26. The molecule has 1 heterocycles. The summed E-state index contributed by atoms with van der Waals surface area (Å²) < 4.78 is 0. The number of nitrogen functional groups attached to an aromatic ring is 2. The molecular formula is C5H6N3. The zero-order chi connectivity index (χ0) is 5.98. The molecule has 0 bridgehead atoms. The fraction of sp³-hybridized carbons (Fsp3) is 0. The number of hydrogen-bond donors (Lipinski definition) is 2. The van der Waals surface area contributed by atoms with Crippen LogP contribution >= 0.6 is 0 Å². The minimum atomic E-state index is 0.410. The monoisotopic (exact) mass is 108 g/mol. The molecule has 1 aromatic heterocycles. The maximum Gasteiger partial charge on any atom is 0.116 e. The summed E-state index contributed by atoms with van der Waals surface area (Å²) in [5.74, 6) is 0. The highest BCUT2D eigenvalue weighted by atomic mass is 14.7. The summed E-state index contributed by atoms with van der Waals surface area (Å²) in [5, 5.41) is 0. The van der Waals surface area contributed by atoms with Crippen LogP contribution in [-0.2, 0) is 0 Å². The average molecular weight is 108 g/mol. The number of aromatic nitrogens is 1. The summed E-state index contributed by atoms with van der Waals surface area (Å²) in [7, 11) is 0. The van der Waals surface area contributed by atoms with E-state index in [0.29, 0.717) is 11.4 Å². The summed E-state index contributed by atoms with van der Waals surface area (Å²) >= 11 is 0. The molecule has 0 fully saturated rings. The smallest absolute Gasteiger partial charge is 0.116 e. The van der Waals surface area contributed by atoms with E-state index in [1.807, 2.05) is 0 Å². The molecule has 0 saturated heterocycles. The van der Waals surface area contributed by atoms with Crippen LogP contribution in [0, 0.1) is 6.20 Å². The Balaban J connectivity index is 3.13. The molecule has 0 saturated carbocycles. The van der Waals surface area contributed by atoms with E-state index in [-0.39, 0.29) is 0 Å². The number of hydrogen-bond acceptors (Lipinski definition) is 3. The number of pyridine rings is 1. The topological polar surface area (TPSA) is 64.9 Å². The lowest BCUT2D eigenvalue weighted by Crippen LogP contribution is -1.93. The van der Waals surface area contributed by atoms with E-state index in [2.05, 4.69) is 11.2 Å².